The molecule has 6 nitrogen and oxygen atoms in total. The van der Waals surface area contributed by atoms with Crippen molar-refractivity contribution in [1.82, 2.24) is 20.4 Å². The highest BCUT2D eigenvalue weighted by Gasteiger charge is 2.12. The lowest BCUT2D eigenvalue weighted by molar-refractivity contribution is 0.0948. The lowest BCUT2D eigenvalue weighted by Gasteiger charge is -2.05. The minimum atomic E-state index is -0.161. The van der Waals surface area contributed by atoms with Crippen LogP contribution in [0.25, 0.3) is 5.69 Å². The van der Waals surface area contributed by atoms with Crippen LogP contribution in [-0.4, -0.2) is 49.0 Å². The number of aryl methyl sites for hydroxylation is 1. The van der Waals surface area contributed by atoms with Crippen molar-refractivity contribution in [2.45, 2.75) is 6.92 Å². The Bertz CT molecular complexity index is 601. The normalized spacial score (nSPS) is 10.2. The first kappa shape index (κ1) is 19.2. The summed E-state index contributed by atoms with van der Waals surface area (Å²) in [5, 5.41) is 10.4. The molecule has 0 bridgehead atoms. The van der Waals surface area contributed by atoms with Crippen LogP contribution in [0.4, 0.5) is 0 Å². The Morgan fingerprint density at radius 3 is 2.65 bits per heavy atom. The maximum Gasteiger partial charge on any atom is 0.271 e. The number of carbonyl (C=O) groups is 1. The van der Waals surface area contributed by atoms with Gasteiger partial charge in [0.1, 0.15) is 0 Å². The van der Waals surface area contributed by atoms with Crippen molar-refractivity contribution in [3.63, 3.8) is 0 Å². The minimum Gasteiger partial charge on any atom is -0.383 e. The number of carbonyl (C=O) groups excluding carboxylic acids is 1. The Morgan fingerprint density at radius 1 is 1.22 bits per heavy atom. The van der Waals surface area contributed by atoms with Crippen LogP contribution in [-0.2, 0) is 4.74 Å². The summed E-state index contributed by atoms with van der Waals surface area (Å²) < 4.78 is 6.70. The molecule has 126 valence electrons. The highest BCUT2D eigenvalue weighted by atomic mass is 35.5. The van der Waals surface area contributed by atoms with Crippen LogP contribution in [0.3, 0.4) is 0 Å². The van der Waals surface area contributed by atoms with E-state index in [1.54, 1.807) is 17.9 Å². The predicted octanol–water partition coefficient (Wildman–Crippen LogP) is 1.57. The van der Waals surface area contributed by atoms with E-state index >= 15 is 0 Å². The summed E-state index contributed by atoms with van der Waals surface area (Å²) in [5.41, 5.74) is 2.30. The summed E-state index contributed by atoms with van der Waals surface area (Å²) in [6.45, 7) is 4.62. The zero-order valence-electron chi connectivity index (χ0n) is 13.4. The number of hydrogen-bond donors (Lipinski definition) is 2. The molecule has 0 fully saturated rings. The van der Waals surface area contributed by atoms with Gasteiger partial charge in [-0.25, -0.2) is 4.68 Å². The smallest absolute Gasteiger partial charge is 0.271 e. The molecule has 0 aliphatic carbocycles. The van der Waals surface area contributed by atoms with E-state index in [9.17, 15) is 4.79 Å². The Hall–Kier alpha value is -1.89. The van der Waals surface area contributed by atoms with Crippen LogP contribution in [0.1, 0.15) is 16.2 Å². The summed E-state index contributed by atoms with van der Waals surface area (Å²) in [6, 6.07) is 11.6. The summed E-state index contributed by atoms with van der Waals surface area (Å²) in [6.07, 6.45) is 0. The molecular weight excluding hydrogens is 316 g/mol. The average molecular weight is 339 g/mol. The molecule has 0 aliphatic heterocycles. The van der Waals surface area contributed by atoms with Crippen LogP contribution in [0.15, 0.2) is 36.4 Å². The monoisotopic (exact) mass is 338 g/mol. The average Bonchev–Trinajstić information content (AvgIpc) is 2.93. The second-order valence-electron chi connectivity index (χ2n) is 4.92. The third-order valence-corrected chi connectivity index (χ3v) is 3.19. The summed E-state index contributed by atoms with van der Waals surface area (Å²) in [5.74, 6) is -0.161. The first-order valence-corrected chi connectivity index (χ1v) is 7.32. The molecule has 0 aliphatic rings. The Kier molecular flexibility index (Phi) is 8.32. The summed E-state index contributed by atoms with van der Waals surface area (Å²) in [4.78, 5) is 12.1. The fourth-order valence-electron chi connectivity index (χ4n) is 2.07. The number of ether oxygens (including phenoxy) is 1. The van der Waals surface area contributed by atoms with Crippen molar-refractivity contribution in [3.05, 3.63) is 47.8 Å². The molecule has 1 heterocycles. The van der Waals surface area contributed by atoms with E-state index in [1.807, 2.05) is 37.3 Å². The third kappa shape index (κ3) is 5.67. The first-order chi connectivity index (χ1) is 10.7. The fraction of sp³-hybridized carbons (Fsp3) is 0.375. The molecule has 0 radical (unpaired) electrons. The molecule has 0 saturated carbocycles. The number of hydrogen-bond acceptors (Lipinski definition) is 4. The molecule has 0 saturated heterocycles. The van der Waals surface area contributed by atoms with E-state index in [0.29, 0.717) is 25.4 Å². The zero-order valence-corrected chi connectivity index (χ0v) is 14.2. The van der Waals surface area contributed by atoms with Gasteiger partial charge in [-0.05, 0) is 25.1 Å². The number of methoxy groups -OCH3 is 1. The van der Waals surface area contributed by atoms with Crippen LogP contribution < -0.4 is 10.6 Å². The summed E-state index contributed by atoms with van der Waals surface area (Å²) >= 11 is 0. The van der Waals surface area contributed by atoms with Gasteiger partial charge in [-0.1, -0.05) is 18.2 Å². The highest BCUT2D eigenvalue weighted by Crippen LogP contribution is 2.11. The van der Waals surface area contributed by atoms with Gasteiger partial charge in [-0.3, -0.25) is 4.79 Å². The van der Waals surface area contributed by atoms with Crippen molar-refractivity contribution >= 4 is 18.3 Å². The van der Waals surface area contributed by atoms with Crippen molar-refractivity contribution in [2.75, 3.05) is 33.4 Å². The Balaban J connectivity index is 0.00000264. The highest BCUT2D eigenvalue weighted by molar-refractivity contribution is 5.92. The van der Waals surface area contributed by atoms with Crippen LogP contribution in [0.2, 0.25) is 0 Å². The lowest BCUT2D eigenvalue weighted by atomic mass is 10.3. The van der Waals surface area contributed by atoms with Crippen molar-refractivity contribution < 1.29 is 9.53 Å². The molecule has 1 aromatic heterocycles. The van der Waals surface area contributed by atoms with Gasteiger partial charge in [0.05, 0.1) is 12.3 Å². The number of nitrogens with one attached hydrogen (secondary N) is 2. The van der Waals surface area contributed by atoms with E-state index < -0.39 is 0 Å². The van der Waals surface area contributed by atoms with Crippen LogP contribution >= 0.6 is 12.4 Å². The molecule has 2 rings (SSSR count). The van der Waals surface area contributed by atoms with Gasteiger partial charge in [0.2, 0.25) is 0 Å². The standard InChI is InChI=1S/C16H22N4O2.ClH/c1-13-12-15(16(21)18-9-8-17-10-11-22-2)19-20(13)14-6-4-3-5-7-14;/h3-7,12,17H,8-11H2,1-2H3,(H,18,21);1H. The van der Waals surface area contributed by atoms with E-state index in [1.165, 1.54) is 0 Å². The van der Waals surface area contributed by atoms with Gasteiger partial charge < -0.3 is 15.4 Å². The van der Waals surface area contributed by atoms with Gasteiger partial charge >= 0.3 is 0 Å². The molecule has 0 unspecified atom stereocenters. The van der Waals surface area contributed by atoms with Gasteiger partial charge in [-0.15, -0.1) is 12.4 Å². The molecule has 23 heavy (non-hydrogen) atoms. The minimum absolute atomic E-state index is 0. The number of rotatable bonds is 8. The number of halogens is 1. The van der Waals surface area contributed by atoms with E-state index in [0.717, 1.165) is 17.9 Å². The Labute approximate surface area is 142 Å². The SMILES string of the molecule is COCCNCCNC(=O)c1cc(C)n(-c2ccccc2)n1.Cl. The molecule has 7 heteroatoms. The largest absolute Gasteiger partial charge is 0.383 e. The summed E-state index contributed by atoms with van der Waals surface area (Å²) in [7, 11) is 1.66. The number of benzene rings is 1. The molecule has 1 aromatic carbocycles. The van der Waals surface area contributed by atoms with Crippen LogP contribution in [0, 0.1) is 6.92 Å². The number of aromatic nitrogens is 2. The van der Waals surface area contributed by atoms with Gasteiger partial charge in [0.25, 0.3) is 5.91 Å². The number of amides is 1. The van der Waals surface area contributed by atoms with Crippen molar-refractivity contribution in [1.29, 1.82) is 0 Å². The second-order valence-corrected chi connectivity index (χ2v) is 4.92. The van der Waals surface area contributed by atoms with Gasteiger partial charge in [0.15, 0.2) is 5.69 Å². The van der Waals surface area contributed by atoms with Crippen LogP contribution in [0.5, 0.6) is 0 Å². The van der Waals surface area contributed by atoms with Crippen molar-refractivity contribution in [3.8, 4) is 5.69 Å². The lowest BCUT2D eigenvalue weighted by Crippen LogP contribution is -2.33. The van der Waals surface area contributed by atoms with E-state index in [2.05, 4.69) is 15.7 Å². The molecule has 0 spiro atoms. The first-order valence-electron chi connectivity index (χ1n) is 7.32. The van der Waals surface area contributed by atoms with Gasteiger partial charge in [0, 0.05) is 32.4 Å². The topological polar surface area (TPSA) is 68.2 Å². The third-order valence-electron chi connectivity index (χ3n) is 3.19. The maximum absolute atomic E-state index is 12.1. The quantitative estimate of drug-likeness (QED) is 0.717. The van der Waals surface area contributed by atoms with Gasteiger partial charge in [-0.2, -0.15) is 5.10 Å². The Morgan fingerprint density at radius 2 is 1.96 bits per heavy atom. The fourth-order valence-corrected chi connectivity index (χ4v) is 2.07. The number of para-hydroxylation sites is 1. The molecule has 2 aromatic rings. The second kappa shape index (κ2) is 9.99. The van der Waals surface area contributed by atoms with Crippen molar-refractivity contribution in [2.24, 2.45) is 0 Å². The zero-order chi connectivity index (χ0) is 15.8. The molecule has 2 N–H and O–H groups in total. The van der Waals surface area contributed by atoms with E-state index in [-0.39, 0.29) is 18.3 Å². The maximum atomic E-state index is 12.1. The predicted molar refractivity (Wildman–Crippen MR) is 92.6 cm³/mol. The molecular formula is C16H23ClN4O2. The number of nitrogens with zero attached hydrogens (tertiary/aromatic N) is 2. The van der Waals surface area contributed by atoms with E-state index in [4.69, 9.17) is 4.74 Å². The molecule has 1 amide bonds. The molecule has 0 atom stereocenters.